The summed E-state index contributed by atoms with van der Waals surface area (Å²) in [5.41, 5.74) is 0.845. The Kier molecular flexibility index (Phi) is 6.91. The van der Waals surface area contributed by atoms with Crippen LogP contribution in [0, 0.1) is 0 Å². The number of phenolic OH excluding ortho intramolecular Hbond substituents is 1. The maximum absolute atomic E-state index is 11.8. The molecule has 0 saturated heterocycles. The van der Waals surface area contributed by atoms with Crippen molar-refractivity contribution < 1.29 is 24.5 Å². The minimum atomic E-state index is -1.20. The van der Waals surface area contributed by atoms with Gasteiger partial charge in [0.15, 0.2) is 17.3 Å². The summed E-state index contributed by atoms with van der Waals surface area (Å²) < 4.78 is 11.0. The molecule has 1 heterocycles. The molecule has 0 atom stereocenters. The number of carboxylic acids is 1. The maximum atomic E-state index is 11.8. The van der Waals surface area contributed by atoms with Crippen molar-refractivity contribution >= 4 is 51.3 Å². The van der Waals surface area contributed by atoms with Crippen LogP contribution in [0.3, 0.4) is 0 Å². The van der Waals surface area contributed by atoms with Gasteiger partial charge in [-0.05, 0) is 48.2 Å². The highest BCUT2D eigenvalue weighted by Crippen LogP contribution is 2.37. The van der Waals surface area contributed by atoms with Crippen molar-refractivity contribution in [2.24, 2.45) is 0 Å². The smallest absolute Gasteiger partial charge is 0.342 e. The number of nitrogens with zero attached hydrogens (tertiary/aromatic N) is 2. The molecule has 0 fully saturated rings. The highest BCUT2D eigenvalue weighted by Gasteiger charge is 2.18. The molecule has 11 heteroatoms. The van der Waals surface area contributed by atoms with Crippen molar-refractivity contribution in [3.05, 3.63) is 50.3 Å². The maximum Gasteiger partial charge on any atom is 0.342 e. The van der Waals surface area contributed by atoms with Crippen LogP contribution in [0.5, 0.6) is 17.2 Å². The first kappa shape index (κ1) is 22.0. The lowest BCUT2D eigenvalue weighted by molar-refractivity contribution is -0.131. The average molecular weight is 513 g/mol. The van der Waals surface area contributed by atoms with Crippen LogP contribution < -0.4 is 9.47 Å². The van der Waals surface area contributed by atoms with Crippen molar-refractivity contribution in [3.8, 4) is 28.6 Å². The number of aromatic amines is 1. The molecule has 3 aromatic rings. The predicted molar refractivity (Wildman–Crippen MR) is 117 cm³/mol. The SMILES string of the molecule is COc1ccc(Cl)cc1-c1nc(S/C(=C\c2cc(Br)cc(OC)c2O)C(=O)O)n[nH]1. The summed E-state index contributed by atoms with van der Waals surface area (Å²) in [6.45, 7) is 0. The van der Waals surface area contributed by atoms with Gasteiger partial charge in [0.05, 0.1) is 19.8 Å². The normalized spacial score (nSPS) is 11.4. The molecule has 3 rings (SSSR count). The molecule has 0 aliphatic heterocycles. The molecule has 2 aromatic carbocycles. The second-order valence-electron chi connectivity index (χ2n) is 5.77. The fourth-order valence-electron chi connectivity index (χ4n) is 2.51. The van der Waals surface area contributed by atoms with E-state index in [2.05, 4.69) is 31.1 Å². The van der Waals surface area contributed by atoms with Crippen molar-refractivity contribution in [2.75, 3.05) is 14.2 Å². The summed E-state index contributed by atoms with van der Waals surface area (Å²) in [6.07, 6.45) is 1.31. The predicted octanol–water partition coefficient (Wildman–Crippen LogP) is 4.83. The van der Waals surface area contributed by atoms with Crippen molar-refractivity contribution in [2.45, 2.75) is 5.16 Å². The number of hydrogen-bond acceptors (Lipinski definition) is 7. The number of aromatic nitrogens is 3. The quantitative estimate of drug-likeness (QED) is 0.304. The Morgan fingerprint density at radius 3 is 2.63 bits per heavy atom. The summed E-state index contributed by atoms with van der Waals surface area (Å²) in [6, 6.07) is 8.18. The monoisotopic (exact) mass is 511 g/mol. The van der Waals surface area contributed by atoms with Crippen LogP contribution in [0.15, 0.2) is 44.9 Å². The number of thioether (sulfide) groups is 1. The van der Waals surface area contributed by atoms with E-state index >= 15 is 0 Å². The fraction of sp³-hybridized carbons (Fsp3) is 0.105. The van der Waals surface area contributed by atoms with Crippen molar-refractivity contribution in [3.63, 3.8) is 0 Å². The van der Waals surface area contributed by atoms with E-state index in [4.69, 9.17) is 21.1 Å². The molecule has 156 valence electrons. The van der Waals surface area contributed by atoms with Gasteiger partial charge in [-0.15, -0.1) is 5.10 Å². The molecule has 0 bridgehead atoms. The van der Waals surface area contributed by atoms with Crippen LogP contribution in [-0.4, -0.2) is 45.6 Å². The second-order valence-corrected chi connectivity index (χ2v) is 8.13. The van der Waals surface area contributed by atoms with E-state index in [0.29, 0.717) is 26.6 Å². The molecule has 0 amide bonds. The van der Waals surface area contributed by atoms with Crippen LogP contribution in [0.25, 0.3) is 17.5 Å². The molecule has 0 aliphatic rings. The number of halogens is 2. The van der Waals surface area contributed by atoms with Crippen LogP contribution in [-0.2, 0) is 4.79 Å². The Morgan fingerprint density at radius 2 is 1.97 bits per heavy atom. The van der Waals surface area contributed by atoms with Crippen molar-refractivity contribution in [1.29, 1.82) is 0 Å². The molecule has 1 aromatic heterocycles. The van der Waals surface area contributed by atoms with Crippen LogP contribution >= 0.6 is 39.3 Å². The first-order chi connectivity index (χ1) is 14.3. The van der Waals surface area contributed by atoms with Gasteiger partial charge < -0.3 is 19.7 Å². The van der Waals surface area contributed by atoms with E-state index in [1.54, 1.807) is 30.3 Å². The number of phenols is 1. The van der Waals surface area contributed by atoms with Crippen molar-refractivity contribution in [1.82, 2.24) is 15.2 Å². The van der Waals surface area contributed by atoms with Crippen LogP contribution in [0.2, 0.25) is 5.02 Å². The number of aliphatic carboxylic acids is 1. The minimum absolute atomic E-state index is 0.103. The number of carboxylic acid groups (broad SMARTS) is 1. The number of nitrogens with one attached hydrogen (secondary N) is 1. The zero-order chi connectivity index (χ0) is 21.8. The number of hydrogen-bond donors (Lipinski definition) is 3. The summed E-state index contributed by atoms with van der Waals surface area (Å²) in [5.74, 6) is -0.274. The molecule has 3 N–H and O–H groups in total. The molecule has 30 heavy (non-hydrogen) atoms. The lowest BCUT2D eigenvalue weighted by Crippen LogP contribution is -1.98. The zero-order valence-electron chi connectivity index (χ0n) is 15.6. The van der Waals surface area contributed by atoms with Gasteiger partial charge in [-0.1, -0.05) is 27.5 Å². The molecule has 0 radical (unpaired) electrons. The van der Waals surface area contributed by atoms with E-state index < -0.39 is 5.97 Å². The van der Waals surface area contributed by atoms with E-state index in [9.17, 15) is 15.0 Å². The van der Waals surface area contributed by atoms with E-state index in [-0.39, 0.29) is 27.1 Å². The number of methoxy groups -OCH3 is 2. The van der Waals surface area contributed by atoms with Gasteiger partial charge in [-0.2, -0.15) is 0 Å². The lowest BCUT2D eigenvalue weighted by atomic mass is 10.1. The summed E-state index contributed by atoms with van der Waals surface area (Å²) in [7, 11) is 2.92. The largest absolute Gasteiger partial charge is 0.504 e. The highest BCUT2D eigenvalue weighted by atomic mass is 79.9. The summed E-state index contributed by atoms with van der Waals surface area (Å²) >= 11 is 10.2. The van der Waals surface area contributed by atoms with Gasteiger partial charge in [0.1, 0.15) is 10.7 Å². The number of aromatic hydroxyl groups is 1. The average Bonchev–Trinajstić information content (AvgIpc) is 3.18. The van der Waals surface area contributed by atoms with Gasteiger partial charge in [-0.25, -0.2) is 9.78 Å². The van der Waals surface area contributed by atoms with E-state index in [0.717, 1.165) is 11.8 Å². The summed E-state index contributed by atoms with van der Waals surface area (Å²) in [5, 5.41) is 27.4. The number of ether oxygens (including phenoxy) is 2. The topological polar surface area (TPSA) is 118 Å². The lowest BCUT2D eigenvalue weighted by Gasteiger charge is -2.08. The Labute approximate surface area is 189 Å². The van der Waals surface area contributed by atoms with Gasteiger partial charge in [-0.3, -0.25) is 5.10 Å². The third kappa shape index (κ3) is 4.89. The summed E-state index contributed by atoms with van der Waals surface area (Å²) in [4.78, 5) is 16.0. The molecule has 0 spiro atoms. The second kappa shape index (κ2) is 9.41. The number of carbonyl (C=O) groups is 1. The van der Waals surface area contributed by atoms with Crippen LogP contribution in [0.4, 0.5) is 0 Å². The molecule has 0 saturated carbocycles. The minimum Gasteiger partial charge on any atom is -0.504 e. The zero-order valence-corrected chi connectivity index (χ0v) is 18.8. The Balaban J connectivity index is 1.95. The third-order valence-corrected chi connectivity index (χ3v) is 5.44. The van der Waals surface area contributed by atoms with Crippen LogP contribution in [0.1, 0.15) is 5.56 Å². The molecular weight excluding hydrogens is 498 g/mol. The van der Waals surface area contributed by atoms with Gasteiger partial charge in [0, 0.05) is 15.1 Å². The first-order valence-electron chi connectivity index (χ1n) is 8.28. The molecular formula is C19H15BrClN3O5S. The number of benzene rings is 2. The van der Waals surface area contributed by atoms with Gasteiger partial charge in [0.25, 0.3) is 0 Å². The fourth-order valence-corrected chi connectivity index (χ4v) is 3.84. The first-order valence-corrected chi connectivity index (χ1v) is 10.3. The number of rotatable bonds is 7. The standard InChI is InChI=1S/C19H15BrClN3O5S/c1-28-13-4-3-11(21)8-12(13)17-22-19(24-23-17)30-15(18(26)27)6-9-5-10(20)7-14(29-2)16(9)25/h3-8,25H,1-2H3,(H,26,27)(H,22,23,24)/b15-6-. The Morgan fingerprint density at radius 1 is 1.23 bits per heavy atom. The van der Waals surface area contributed by atoms with E-state index in [1.807, 2.05) is 0 Å². The molecule has 0 unspecified atom stereocenters. The highest BCUT2D eigenvalue weighted by molar-refractivity contribution is 9.10. The van der Waals surface area contributed by atoms with Gasteiger partial charge >= 0.3 is 5.97 Å². The number of H-pyrrole nitrogens is 1. The van der Waals surface area contributed by atoms with Gasteiger partial charge in [0.2, 0.25) is 5.16 Å². The third-order valence-electron chi connectivity index (χ3n) is 3.87. The Bertz CT molecular complexity index is 1140. The van der Waals surface area contributed by atoms with E-state index in [1.165, 1.54) is 20.3 Å². The molecule has 8 nitrogen and oxygen atoms in total. The Hall–Kier alpha value is -2.69. The molecule has 0 aliphatic carbocycles.